The van der Waals surface area contributed by atoms with Gasteiger partial charge in [-0.1, -0.05) is 0 Å². The van der Waals surface area contributed by atoms with Crippen LogP contribution in [0.15, 0.2) is 12.1 Å². The fraction of sp³-hybridized carbons (Fsp3) is 0.500. The topological polar surface area (TPSA) is 55.8 Å². The SMILES string of the molecule is COc1cc2c(cc1OC)CN(C(=O)CCC(C)=O)CC2. The van der Waals surface area contributed by atoms with E-state index in [4.69, 9.17) is 9.47 Å². The van der Waals surface area contributed by atoms with Crippen LogP contribution in [0.4, 0.5) is 0 Å². The number of methoxy groups -OCH3 is 2. The van der Waals surface area contributed by atoms with Gasteiger partial charge in [0.1, 0.15) is 5.78 Å². The van der Waals surface area contributed by atoms with Gasteiger partial charge >= 0.3 is 0 Å². The maximum absolute atomic E-state index is 12.1. The molecule has 0 atom stereocenters. The molecule has 1 heterocycles. The lowest BCUT2D eigenvalue weighted by atomic mass is 9.98. The van der Waals surface area contributed by atoms with E-state index in [2.05, 4.69) is 0 Å². The predicted molar refractivity (Wildman–Crippen MR) is 78.6 cm³/mol. The summed E-state index contributed by atoms with van der Waals surface area (Å²) < 4.78 is 10.6. The number of carbonyl (C=O) groups excluding carboxylic acids is 2. The van der Waals surface area contributed by atoms with Crippen LogP contribution in [0.5, 0.6) is 11.5 Å². The largest absolute Gasteiger partial charge is 0.493 e. The smallest absolute Gasteiger partial charge is 0.223 e. The van der Waals surface area contributed by atoms with Crippen molar-refractivity contribution in [3.05, 3.63) is 23.3 Å². The number of benzene rings is 1. The second-order valence-electron chi connectivity index (χ2n) is 5.24. The second kappa shape index (κ2) is 6.61. The van der Waals surface area contributed by atoms with Gasteiger partial charge in [0.05, 0.1) is 14.2 Å². The van der Waals surface area contributed by atoms with Crippen molar-refractivity contribution in [3.8, 4) is 11.5 Å². The van der Waals surface area contributed by atoms with E-state index in [0.29, 0.717) is 31.0 Å². The normalized spacial score (nSPS) is 13.6. The minimum absolute atomic E-state index is 0.0330. The molecule has 2 rings (SSSR count). The Morgan fingerprint density at radius 1 is 1.10 bits per heavy atom. The molecule has 0 bridgehead atoms. The minimum Gasteiger partial charge on any atom is -0.493 e. The first kappa shape index (κ1) is 15.4. The second-order valence-corrected chi connectivity index (χ2v) is 5.24. The molecule has 21 heavy (non-hydrogen) atoms. The van der Waals surface area contributed by atoms with Gasteiger partial charge in [-0.3, -0.25) is 4.79 Å². The summed E-state index contributed by atoms with van der Waals surface area (Å²) >= 11 is 0. The highest BCUT2D eigenvalue weighted by molar-refractivity contribution is 5.83. The number of rotatable bonds is 5. The molecule has 114 valence electrons. The third-order valence-corrected chi connectivity index (χ3v) is 3.76. The van der Waals surface area contributed by atoms with Crippen LogP contribution in [0.2, 0.25) is 0 Å². The van der Waals surface area contributed by atoms with E-state index >= 15 is 0 Å². The Morgan fingerprint density at radius 2 is 1.71 bits per heavy atom. The molecule has 0 saturated heterocycles. The number of fused-ring (bicyclic) bond motifs is 1. The zero-order valence-electron chi connectivity index (χ0n) is 12.8. The maximum Gasteiger partial charge on any atom is 0.223 e. The van der Waals surface area contributed by atoms with E-state index in [1.165, 1.54) is 12.5 Å². The number of carbonyl (C=O) groups is 2. The number of amides is 1. The van der Waals surface area contributed by atoms with Gasteiger partial charge in [-0.15, -0.1) is 0 Å². The quantitative estimate of drug-likeness (QED) is 0.832. The van der Waals surface area contributed by atoms with E-state index < -0.39 is 0 Å². The van der Waals surface area contributed by atoms with Crippen molar-refractivity contribution in [2.45, 2.75) is 32.7 Å². The highest BCUT2D eigenvalue weighted by Crippen LogP contribution is 2.33. The highest BCUT2D eigenvalue weighted by atomic mass is 16.5. The Morgan fingerprint density at radius 3 is 2.29 bits per heavy atom. The predicted octanol–water partition coefficient (Wildman–Crippen LogP) is 1.96. The Bertz CT molecular complexity index is 553. The zero-order chi connectivity index (χ0) is 15.4. The lowest BCUT2D eigenvalue weighted by Gasteiger charge is -2.29. The first-order valence-corrected chi connectivity index (χ1v) is 7.06. The van der Waals surface area contributed by atoms with E-state index in [9.17, 15) is 9.59 Å². The number of hydrogen-bond donors (Lipinski definition) is 0. The molecule has 0 radical (unpaired) electrons. The summed E-state index contributed by atoms with van der Waals surface area (Å²) in [4.78, 5) is 24.9. The molecule has 0 spiro atoms. The van der Waals surface area contributed by atoms with Crippen molar-refractivity contribution >= 4 is 11.7 Å². The molecule has 1 aromatic rings. The van der Waals surface area contributed by atoms with E-state index in [1.54, 1.807) is 19.1 Å². The summed E-state index contributed by atoms with van der Waals surface area (Å²) in [6, 6.07) is 3.91. The van der Waals surface area contributed by atoms with Gasteiger partial charge < -0.3 is 19.2 Å². The van der Waals surface area contributed by atoms with Gasteiger partial charge in [0.2, 0.25) is 5.91 Å². The summed E-state index contributed by atoms with van der Waals surface area (Å²) in [5.74, 6) is 1.47. The Labute approximate surface area is 124 Å². The molecule has 1 amide bonds. The molecule has 5 heteroatoms. The number of Topliss-reactive ketones (excluding diaryl/α,β-unsaturated/α-hetero) is 1. The average molecular weight is 291 g/mol. The van der Waals surface area contributed by atoms with Crippen molar-refractivity contribution in [1.82, 2.24) is 4.90 Å². The molecule has 0 aliphatic carbocycles. The van der Waals surface area contributed by atoms with Crippen LogP contribution in [0.25, 0.3) is 0 Å². The molecule has 0 unspecified atom stereocenters. The molecule has 0 aromatic heterocycles. The van der Waals surface area contributed by atoms with Crippen LogP contribution in [0.1, 0.15) is 30.9 Å². The first-order valence-electron chi connectivity index (χ1n) is 7.06. The summed E-state index contributed by atoms with van der Waals surface area (Å²) in [5.41, 5.74) is 2.26. The lowest BCUT2D eigenvalue weighted by molar-refractivity contribution is -0.133. The van der Waals surface area contributed by atoms with E-state index in [1.807, 2.05) is 12.1 Å². The standard InChI is InChI=1S/C16H21NO4/c1-11(18)4-5-16(19)17-7-6-12-8-14(20-2)15(21-3)9-13(12)10-17/h8-9H,4-7,10H2,1-3H3. The fourth-order valence-corrected chi connectivity index (χ4v) is 2.54. The first-order chi connectivity index (χ1) is 10.0. The monoisotopic (exact) mass is 291 g/mol. The van der Waals surface area contributed by atoms with Crippen LogP contribution in [-0.4, -0.2) is 37.4 Å². The van der Waals surface area contributed by atoms with Crippen molar-refractivity contribution in [2.24, 2.45) is 0 Å². The Balaban J connectivity index is 2.12. The number of nitrogens with zero attached hydrogens (tertiary/aromatic N) is 1. The molecular formula is C16H21NO4. The van der Waals surface area contributed by atoms with Gasteiger partial charge in [-0.2, -0.15) is 0 Å². The van der Waals surface area contributed by atoms with Gasteiger partial charge in [0.25, 0.3) is 0 Å². The van der Waals surface area contributed by atoms with E-state index in [-0.39, 0.29) is 18.1 Å². The van der Waals surface area contributed by atoms with Crippen molar-refractivity contribution in [2.75, 3.05) is 20.8 Å². The third-order valence-electron chi connectivity index (χ3n) is 3.76. The van der Waals surface area contributed by atoms with Crippen LogP contribution in [0, 0.1) is 0 Å². The van der Waals surface area contributed by atoms with Gasteiger partial charge in [-0.25, -0.2) is 0 Å². The van der Waals surface area contributed by atoms with Gasteiger partial charge in [0.15, 0.2) is 11.5 Å². The van der Waals surface area contributed by atoms with Gasteiger partial charge in [0, 0.05) is 25.9 Å². The highest BCUT2D eigenvalue weighted by Gasteiger charge is 2.22. The van der Waals surface area contributed by atoms with Crippen LogP contribution >= 0.6 is 0 Å². The van der Waals surface area contributed by atoms with Crippen LogP contribution < -0.4 is 9.47 Å². The third kappa shape index (κ3) is 3.54. The molecule has 1 aliphatic rings. The fourth-order valence-electron chi connectivity index (χ4n) is 2.54. The molecule has 1 aliphatic heterocycles. The van der Waals surface area contributed by atoms with Crippen molar-refractivity contribution in [3.63, 3.8) is 0 Å². The zero-order valence-corrected chi connectivity index (χ0v) is 12.8. The van der Waals surface area contributed by atoms with Crippen molar-refractivity contribution < 1.29 is 19.1 Å². The summed E-state index contributed by atoms with van der Waals surface area (Å²) in [7, 11) is 3.22. The minimum atomic E-state index is 0.0330. The molecule has 1 aromatic carbocycles. The molecule has 0 saturated carbocycles. The van der Waals surface area contributed by atoms with Crippen LogP contribution in [0.3, 0.4) is 0 Å². The average Bonchev–Trinajstić information content (AvgIpc) is 2.50. The summed E-state index contributed by atoms with van der Waals surface area (Å²) in [6.45, 7) is 2.75. The Kier molecular flexibility index (Phi) is 4.83. The summed E-state index contributed by atoms with van der Waals surface area (Å²) in [6.07, 6.45) is 1.40. The maximum atomic E-state index is 12.1. The Hall–Kier alpha value is -2.04. The number of hydrogen-bond acceptors (Lipinski definition) is 4. The number of ketones is 1. The molecule has 0 fully saturated rings. The molecule has 0 N–H and O–H groups in total. The number of ether oxygens (including phenoxy) is 2. The van der Waals surface area contributed by atoms with Gasteiger partial charge in [-0.05, 0) is 36.6 Å². The molecule has 5 nitrogen and oxygen atoms in total. The lowest BCUT2D eigenvalue weighted by Crippen LogP contribution is -2.36. The molecular weight excluding hydrogens is 270 g/mol. The van der Waals surface area contributed by atoms with E-state index in [0.717, 1.165) is 12.0 Å². The van der Waals surface area contributed by atoms with Crippen LogP contribution in [-0.2, 0) is 22.6 Å². The summed E-state index contributed by atoms with van der Waals surface area (Å²) in [5, 5.41) is 0. The van der Waals surface area contributed by atoms with Crippen molar-refractivity contribution in [1.29, 1.82) is 0 Å².